The molecule has 0 fully saturated rings. The average Bonchev–Trinajstić information content (AvgIpc) is 3.65. The molecule has 162 valence electrons. The molecule has 32 heavy (non-hydrogen) atoms. The predicted octanol–water partition coefficient (Wildman–Crippen LogP) is 7.29. The first kappa shape index (κ1) is 21.2. The van der Waals surface area contributed by atoms with Crippen molar-refractivity contribution in [1.82, 2.24) is 0 Å². The van der Waals surface area contributed by atoms with E-state index >= 15 is 0 Å². The fourth-order valence-corrected chi connectivity index (χ4v) is 9.37. The molecule has 0 aliphatic heterocycles. The van der Waals surface area contributed by atoms with Crippen LogP contribution < -0.4 is 5.19 Å². The Balaban J connectivity index is 1.72. The second-order valence-electron chi connectivity index (χ2n) is 9.69. The molecule has 0 N–H and O–H groups in total. The van der Waals surface area contributed by atoms with Crippen molar-refractivity contribution < 1.29 is 0 Å². The molecule has 1 heteroatoms. The monoisotopic (exact) mass is 434 g/mol. The molecule has 4 aliphatic rings. The first-order chi connectivity index (χ1) is 15.7. The largest absolute Gasteiger partial charge is 0.0804 e. The zero-order valence-corrected chi connectivity index (χ0v) is 20.5. The summed E-state index contributed by atoms with van der Waals surface area (Å²) in [5.41, 5.74) is 7.07. The van der Waals surface area contributed by atoms with E-state index in [1.807, 2.05) is 0 Å². The van der Waals surface area contributed by atoms with Crippen LogP contribution in [0, 0.1) is 11.3 Å². The summed E-state index contributed by atoms with van der Waals surface area (Å²) in [6.07, 6.45) is 32.7. The zero-order valence-electron chi connectivity index (χ0n) is 19.4. The maximum atomic E-state index is 2.58. The second kappa shape index (κ2) is 9.08. The molecule has 2 unspecified atom stereocenters. The Hall–Kier alpha value is -2.64. The molecule has 0 aromatic heterocycles. The van der Waals surface area contributed by atoms with Crippen LogP contribution in [-0.2, 0) is 0 Å². The summed E-state index contributed by atoms with van der Waals surface area (Å²) in [6, 6.07) is 11.4. The van der Waals surface area contributed by atoms with Crippen molar-refractivity contribution in [2.45, 2.75) is 44.7 Å². The third-order valence-corrected chi connectivity index (χ3v) is 11.7. The standard InChI is InChI=1S/C31H34Si/c1-24(32(2)29-22-4-3-5-23-29)31(27-18-10-11-19-27,28-20-12-13-21-28)30(25-14-6-7-15-25)26-16-8-9-17-26/h3-14,16,18,20,22-24,30,32H,15,17,19,21H2,1-2H3. The maximum absolute atomic E-state index is 2.58. The molecule has 1 aromatic rings. The van der Waals surface area contributed by atoms with Gasteiger partial charge in [0.2, 0.25) is 0 Å². The van der Waals surface area contributed by atoms with E-state index < -0.39 is 8.80 Å². The van der Waals surface area contributed by atoms with Crippen LogP contribution in [0.25, 0.3) is 0 Å². The van der Waals surface area contributed by atoms with Crippen LogP contribution in [0.2, 0.25) is 12.1 Å². The lowest BCUT2D eigenvalue weighted by molar-refractivity contribution is 0.308. The highest BCUT2D eigenvalue weighted by Crippen LogP contribution is 2.61. The fraction of sp³-hybridized carbons (Fsp3) is 0.290. The van der Waals surface area contributed by atoms with Crippen LogP contribution in [0.4, 0.5) is 0 Å². The van der Waals surface area contributed by atoms with Gasteiger partial charge in [0.1, 0.15) is 0 Å². The minimum Gasteiger partial charge on any atom is -0.0804 e. The highest BCUT2D eigenvalue weighted by Gasteiger charge is 2.52. The van der Waals surface area contributed by atoms with E-state index in [0.717, 1.165) is 25.7 Å². The SMILES string of the molecule is CC([SiH](C)c1ccccc1)C(C1=CC=CC1)(C1=CC=CC1)C(C1=CC=CC1)C1=CC=CC1. The molecular weight excluding hydrogens is 400 g/mol. The van der Waals surface area contributed by atoms with E-state index in [1.54, 1.807) is 27.5 Å². The third-order valence-electron chi connectivity index (χ3n) is 8.20. The normalized spacial score (nSPS) is 21.2. The van der Waals surface area contributed by atoms with E-state index in [1.165, 1.54) is 0 Å². The molecule has 0 bridgehead atoms. The van der Waals surface area contributed by atoms with Crippen LogP contribution in [0.15, 0.2) is 126 Å². The van der Waals surface area contributed by atoms with Gasteiger partial charge < -0.3 is 0 Å². The van der Waals surface area contributed by atoms with Crippen LogP contribution in [0.1, 0.15) is 32.6 Å². The van der Waals surface area contributed by atoms with Gasteiger partial charge >= 0.3 is 0 Å². The Morgan fingerprint density at radius 3 is 1.62 bits per heavy atom. The highest BCUT2D eigenvalue weighted by molar-refractivity contribution is 6.73. The molecule has 0 saturated carbocycles. The lowest BCUT2D eigenvalue weighted by Gasteiger charge is -2.51. The summed E-state index contributed by atoms with van der Waals surface area (Å²) < 4.78 is 0. The van der Waals surface area contributed by atoms with Gasteiger partial charge in [0.15, 0.2) is 0 Å². The summed E-state index contributed by atoms with van der Waals surface area (Å²) in [6.45, 7) is 5.17. The molecule has 5 rings (SSSR count). The molecule has 4 aliphatic carbocycles. The van der Waals surface area contributed by atoms with Crippen LogP contribution in [0.5, 0.6) is 0 Å². The van der Waals surface area contributed by atoms with Crippen LogP contribution in [0.3, 0.4) is 0 Å². The summed E-state index contributed by atoms with van der Waals surface area (Å²) in [5, 5.41) is 1.58. The van der Waals surface area contributed by atoms with Crippen LogP contribution >= 0.6 is 0 Å². The Morgan fingerprint density at radius 1 is 0.688 bits per heavy atom. The molecular formula is C31H34Si. The smallest absolute Gasteiger partial charge is 0.0717 e. The topological polar surface area (TPSA) is 0 Å². The lowest BCUT2D eigenvalue weighted by atomic mass is 9.57. The van der Waals surface area contributed by atoms with Crippen molar-refractivity contribution in [3.8, 4) is 0 Å². The van der Waals surface area contributed by atoms with Gasteiger partial charge in [-0.2, -0.15) is 0 Å². The third kappa shape index (κ3) is 3.53. The summed E-state index contributed by atoms with van der Waals surface area (Å²) >= 11 is 0. The Bertz CT molecular complexity index is 1040. The van der Waals surface area contributed by atoms with Crippen molar-refractivity contribution in [2.24, 2.45) is 11.3 Å². The number of hydrogen-bond donors (Lipinski definition) is 0. The van der Waals surface area contributed by atoms with Gasteiger partial charge in [0.05, 0.1) is 8.80 Å². The molecule has 0 heterocycles. The first-order valence-electron chi connectivity index (χ1n) is 12.2. The number of allylic oxidation sites excluding steroid dienone is 16. The Morgan fingerprint density at radius 2 is 1.19 bits per heavy atom. The van der Waals surface area contributed by atoms with E-state index in [-0.39, 0.29) is 5.41 Å². The highest BCUT2D eigenvalue weighted by atomic mass is 28.3. The van der Waals surface area contributed by atoms with Crippen molar-refractivity contribution in [2.75, 3.05) is 0 Å². The second-order valence-corrected chi connectivity index (χ2v) is 12.9. The molecule has 0 radical (unpaired) electrons. The van der Waals surface area contributed by atoms with Gasteiger partial charge in [-0.1, -0.05) is 144 Å². The molecule has 0 spiro atoms. The van der Waals surface area contributed by atoms with E-state index in [9.17, 15) is 0 Å². The molecule has 0 amide bonds. The van der Waals surface area contributed by atoms with Crippen molar-refractivity contribution >= 4 is 14.0 Å². The number of benzene rings is 1. The number of rotatable bonds is 8. The van der Waals surface area contributed by atoms with Gasteiger partial charge in [-0.3, -0.25) is 0 Å². The summed E-state index contributed by atoms with van der Waals surface area (Å²) in [7, 11) is -1.27. The quantitative estimate of drug-likeness (QED) is 0.377. The van der Waals surface area contributed by atoms with Gasteiger partial charge in [-0.15, -0.1) is 0 Å². The van der Waals surface area contributed by atoms with Gasteiger partial charge in [-0.05, 0) is 31.2 Å². The van der Waals surface area contributed by atoms with E-state index in [4.69, 9.17) is 0 Å². The molecule has 0 saturated heterocycles. The predicted molar refractivity (Wildman–Crippen MR) is 142 cm³/mol. The average molecular weight is 435 g/mol. The first-order valence-corrected chi connectivity index (χ1v) is 14.6. The molecule has 0 nitrogen and oxygen atoms in total. The van der Waals surface area contributed by atoms with Crippen molar-refractivity contribution in [3.63, 3.8) is 0 Å². The lowest BCUT2D eigenvalue weighted by Crippen LogP contribution is -2.47. The summed E-state index contributed by atoms with van der Waals surface area (Å²) in [4.78, 5) is 0. The van der Waals surface area contributed by atoms with Crippen molar-refractivity contribution in [3.05, 3.63) is 126 Å². The fourth-order valence-electron chi connectivity index (χ4n) is 6.55. The van der Waals surface area contributed by atoms with Gasteiger partial charge in [0, 0.05) is 11.3 Å². The van der Waals surface area contributed by atoms with Crippen LogP contribution in [-0.4, -0.2) is 8.80 Å². The maximum Gasteiger partial charge on any atom is 0.0717 e. The minimum absolute atomic E-state index is 0.0319. The minimum atomic E-state index is -1.27. The van der Waals surface area contributed by atoms with Crippen molar-refractivity contribution in [1.29, 1.82) is 0 Å². The van der Waals surface area contributed by atoms with E-state index in [2.05, 4.69) is 117 Å². The Kier molecular flexibility index (Phi) is 6.02. The number of hydrogen-bond acceptors (Lipinski definition) is 0. The Labute approximate surface area is 195 Å². The zero-order chi connectivity index (χ0) is 22.0. The molecule has 2 atom stereocenters. The summed E-state index contributed by atoms with van der Waals surface area (Å²) in [5.74, 6) is 0.429. The van der Waals surface area contributed by atoms with E-state index in [0.29, 0.717) is 11.5 Å². The van der Waals surface area contributed by atoms with Gasteiger partial charge in [-0.25, -0.2) is 0 Å². The molecule has 1 aromatic carbocycles. The van der Waals surface area contributed by atoms with Gasteiger partial charge in [0.25, 0.3) is 0 Å².